The summed E-state index contributed by atoms with van der Waals surface area (Å²) >= 11 is 5.93. The smallest absolute Gasteiger partial charge is 0.251 e. The van der Waals surface area contributed by atoms with E-state index in [9.17, 15) is 9.90 Å². The Labute approximate surface area is 129 Å². The highest BCUT2D eigenvalue weighted by atomic mass is 35.5. The van der Waals surface area contributed by atoms with Crippen LogP contribution in [0.25, 0.3) is 0 Å². The van der Waals surface area contributed by atoms with E-state index in [0.717, 1.165) is 11.1 Å². The fourth-order valence-electron chi connectivity index (χ4n) is 2.16. The molecule has 0 saturated carbocycles. The molecule has 0 aliphatic heterocycles. The summed E-state index contributed by atoms with van der Waals surface area (Å²) < 4.78 is 0. The average molecular weight is 304 g/mol. The second-order valence-electron chi connectivity index (χ2n) is 5.00. The van der Waals surface area contributed by atoms with Gasteiger partial charge in [0.1, 0.15) is 0 Å². The molecule has 0 radical (unpaired) electrons. The molecule has 0 aliphatic carbocycles. The third-order valence-corrected chi connectivity index (χ3v) is 3.56. The molecule has 0 aliphatic rings. The van der Waals surface area contributed by atoms with Crippen molar-refractivity contribution >= 4 is 17.5 Å². The molecule has 2 aromatic carbocycles. The van der Waals surface area contributed by atoms with Crippen molar-refractivity contribution in [3.05, 3.63) is 70.2 Å². The average Bonchev–Trinajstić information content (AvgIpc) is 2.50. The first-order valence-electron chi connectivity index (χ1n) is 6.82. The first kappa shape index (κ1) is 15.5. The van der Waals surface area contributed by atoms with Gasteiger partial charge in [-0.1, -0.05) is 48.0 Å². The molecule has 0 heterocycles. The van der Waals surface area contributed by atoms with Crippen LogP contribution in [0.2, 0.25) is 5.02 Å². The van der Waals surface area contributed by atoms with Crippen LogP contribution in [0.15, 0.2) is 48.5 Å². The number of carbonyl (C=O) groups excluding carboxylic acids is 1. The molecule has 3 nitrogen and oxygen atoms in total. The lowest BCUT2D eigenvalue weighted by atomic mass is 10.0. The zero-order chi connectivity index (χ0) is 15.2. The summed E-state index contributed by atoms with van der Waals surface area (Å²) in [5.74, 6) is -0.218. The molecule has 0 unspecified atom stereocenters. The molecule has 0 saturated heterocycles. The van der Waals surface area contributed by atoms with Crippen molar-refractivity contribution in [1.29, 1.82) is 0 Å². The summed E-state index contributed by atoms with van der Waals surface area (Å²) in [6.45, 7) is 1.75. The number of aliphatic hydroxyl groups excluding tert-OH is 1. The Morgan fingerprint density at radius 1 is 1.24 bits per heavy atom. The molecule has 4 heteroatoms. The minimum atomic E-state index is -0.321. The van der Waals surface area contributed by atoms with Crippen LogP contribution < -0.4 is 5.32 Å². The fourth-order valence-corrected chi connectivity index (χ4v) is 2.33. The van der Waals surface area contributed by atoms with Crippen molar-refractivity contribution in [2.24, 2.45) is 0 Å². The van der Waals surface area contributed by atoms with Crippen molar-refractivity contribution in [2.75, 3.05) is 6.61 Å². The van der Waals surface area contributed by atoms with Crippen LogP contribution >= 0.6 is 11.6 Å². The van der Waals surface area contributed by atoms with Gasteiger partial charge in [-0.2, -0.15) is 0 Å². The number of rotatable bonds is 5. The van der Waals surface area contributed by atoms with Crippen LogP contribution in [-0.2, 0) is 6.42 Å². The van der Waals surface area contributed by atoms with Crippen molar-refractivity contribution < 1.29 is 9.90 Å². The minimum absolute atomic E-state index is 0.111. The van der Waals surface area contributed by atoms with Gasteiger partial charge >= 0.3 is 0 Å². The number of nitrogens with one attached hydrogen (secondary N) is 1. The summed E-state index contributed by atoms with van der Waals surface area (Å²) in [6, 6.07) is 14.6. The molecule has 1 atom stereocenters. The highest BCUT2D eigenvalue weighted by molar-refractivity contribution is 6.31. The molecular formula is C17H18ClNO2. The Morgan fingerprint density at radius 2 is 1.95 bits per heavy atom. The summed E-state index contributed by atoms with van der Waals surface area (Å²) in [7, 11) is 0. The number of aliphatic hydroxyl groups is 1. The number of benzene rings is 2. The van der Waals surface area contributed by atoms with Gasteiger partial charge < -0.3 is 10.4 Å². The van der Waals surface area contributed by atoms with Gasteiger partial charge in [0.2, 0.25) is 0 Å². The Kier molecular flexibility index (Phi) is 5.37. The van der Waals surface area contributed by atoms with E-state index in [0.29, 0.717) is 17.0 Å². The van der Waals surface area contributed by atoms with Crippen molar-refractivity contribution in [3.63, 3.8) is 0 Å². The van der Waals surface area contributed by atoms with Crippen LogP contribution in [0.3, 0.4) is 0 Å². The highest BCUT2D eigenvalue weighted by Gasteiger charge is 2.15. The summed E-state index contributed by atoms with van der Waals surface area (Å²) in [5, 5.41) is 12.8. The number of hydrogen-bond acceptors (Lipinski definition) is 2. The standard InChI is InChI=1S/C17H18ClNO2/c1-12-7-8-14(18)10-16(12)17(21)19-15(11-20)9-13-5-3-2-4-6-13/h2-8,10,15,20H,9,11H2,1H3,(H,19,21)/t15-/m1/s1. The molecule has 110 valence electrons. The van der Waals surface area contributed by atoms with E-state index in [2.05, 4.69) is 5.32 Å². The number of amides is 1. The van der Waals surface area contributed by atoms with Crippen LogP contribution in [0.4, 0.5) is 0 Å². The zero-order valence-electron chi connectivity index (χ0n) is 11.8. The van der Waals surface area contributed by atoms with E-state index in [-0.39, 0.29) is 18.6 Å². The third-order valence-electron chi connectivity index (χ3n) is 3.32. The van der Waals surface area contributed by atoms with E-state index in [1.165, 1.54) is 0 Å². The molecule has 0 aromatic heterocycles. The van der Waals surface area contributed by atoms with Crippen LogP contribution in [0, 0.1) is 6.92 Å². The van der Waals surface area contributed by atoms with E-state index < -0.39 is 0 Å². The maximum absolute atomic E-state index is 12.3. The van der Waals surface area contributed by atoms with Crippen LogP contribution in [0.5, 0.6) is 0 Å². The normalized spacial score (nSPS) is 12.0. The topological polar surface area (TPSA) is 49.3 Å². The van der Waals surface area contributed by atoms with E-state index >= 15 is 0 Å². The molecule has 0 bridgehead atoms. The lowest BCUT2D eigenvalue weighted by Crippen LogP contribution is -2.39. The van der Waals surface area contributed by atoms with E-state index in [1.807, 2.05) is 43.3 Å². The molecule has 0 spiro atoms. The van der Waals surface area contributed by atoms with Gasteiger partial charge in [-0.25, -0.2) is 0 Å². The first-order chi connectivity index (χ1) is 10.1. The van der Waals surface area contributed by atoms with E-state index in [1.54, 1.807) is 12.1 Å². The summed E-state index contributed by atoms with van der Waals surface area (Å²) in [5.41, 5.74) is 2.46. The summed E-state index contributed by atoms with van der Waals surface area (Å²) in [6.07, 6.45) is 0.586. The maximum Gasteiger partial charge on any atom is 0.251 e. The second kappa shape index (κ2) is 7.25. The second-order valence-corrected chi connectivity index (χ2v) is 5.44. The largest absolute Gasteiger partial charge is 0.394 e. The predicted molar refractivity (Wildman–Crippen MR) is 84.7 cm³/mol. The number of halogens is 1. The van der Waals surface area contributed by atoms with Gasteiger partial charge in [-0.15, -0.1) is 0 Å². The Bertz CT molecular complexity index is 613. The van der Waals surface area contributed by atoms with Crippen LogP contribution in [0.1, 0.15) is 21.5 Å². The van der Waals surface area contributed by atoms with Gasteiger partial charge in [0.25, 0.3) is 5.91 Å². The molecule has 2 rings (SSSR count). The quantitative estimate of drug-likeness (QED) is 0.892. The van der Waals surface area contributed by atoms with E-state index in [4.69, 9.17) is 11.6 Å². The predicted octanol–water partition coefficient (Wildman–Crippen LogP) is 2.98. The van der Waals surface area contributed by atoms with Crippen molar-refractivity contribution in [2.45, 2.75) is 19.4 Å². The van der Waals surface area contributed by atoms with Gasteiger partial charge in [0.05, 0.1) is 12.6 Å². The zero-order valence-corrected chi connectivity index (χ0v) is 12.6. The molecule has 1 amide bonds. The monoisotopic (exact) mass is 303 g/mol. The third kappa shape index (κ3) is 4.31. The minimum Gasteiger partial charge on any atom is -0.394 e. The molecule has 2 N–H and O–H groups in total. The molecular weight excluding hydrogens is 286 g/mol. The molecule has 21 heavy (non-hydrogen) atoms. The van der Waals surface area contributed by atoms with Gasteiger partial charge in [0, 0.05) is 10.6 Å². The Morgan fingerprint density at radius 3 is 2.62 bits per heavy atom. The number of carbonyl (C=O) groups is 1. The first-order valence-corrected chi connectivity index (χ1v) is 7.19. The highest BCUT2D eigenvalue weighted by Crippen LogP contribution is 2.15. The Hall–Kier alpha value is -1.84. The SMILES string of the molecule is Cc1ccc(Cl)cc1C(=O)N[C@@H](CO)Cc1ccccc1. The number of hydrogen-bond donors (Lipinski definition) is 2. The van der Waals surface area contributed by atoms with Gasteiger partial charge in [-0.05, 0) is 36.6 Å². The molecule has 2 aromatic rings. The van der Waals surface area contributed by atoms with Crippen molar-refractivity contribution in [3.8, 4) is 0 Å². The van der Waals surface area contributed by atoms with Gasteiger partial charge in [0.15, 0.2) is 0 Å². The maximum atomic E-state index is 12.3. The molecule has 0 fully saturated rings. The fraction of sp³-hybridized carbons (Fsp3) is 0.235. The number of aryl methyl sites for hydroxylation is 1. The lowest BCUT2D eigenvalue weighted by molar-refractivity contribution is 0.0916. The van der Waals surface area contributed by atoms with Crippen molar-refractivity contribution in [1.82, 2.24) is 5.32 Å². The summed E-state index contributed by atoms with van der Waals surface area (Å²) in [4.78, 5) is 12.3. The Balaban J connectivity index is 2.07. The van der Waals surface area contributed by atoms with Crippen LogP contribution in [-0.4, -0.2) is 23.7 Å². The lowest BCUT2D eigenvalue weighted by Gasteiger charge is -2.17. The van der Waals surface area contributed by atoms with Gasteiger partial charge in [-0.3, -0.25) is 4.79 Å².